The van der Waals surface area contributed by atoms with Crippen LogP contribution in [0.2, 0.25) is 0 Å². The molecule has 29 heavy (non-hydrogen) atoms. The van der Waals surface area contributed by atoms with E-state index in [4.69, 9.17) is 4.74 Å². The van der Waals surface area contributed by atoms with Crippen LogP contribution in [0.4, 0.5) is 0 Å². The van der Waals surface area contributed by atoms with Crippen molar-refractivity contribution in [2.45, 2.75) is 34.3 Å². The molecule has 0 saturated carbocycles. The highest BCUT2D eigenvalue weighted by Crippen LogP contribution is 2.25. The molecular weight excluding hydrogens is 364 g/mol. The predicted octanol–water partition coefficient (Wildman–Crippen LogP) is 5.52. The molecule has 4 nitrogen and oxygen atoms in total. The van der Waals surface area contributed by atoms with Crippen molar-refractivity contribution in [1.29, 1.82) is 0 Å². The van der Waals surface area contributed by atoms with Crippen LogP contribution >= 0.6 is 0 Å². The van der Waals surface area contributed by atoms with Crippen molar-refractivity contribution in [3.8, 4) is 11.5 Å². The summed E-state index contributed by atoms with van der Waals surface area (Å²) in [6, 6.07) is 17.1. The molecule has 3 aromatic rings. The molecule has 4 heteroatoms. The minimum Gasteiger partial charge on any atom is -0.507 e. The average Bonchev–Trinajstić information content (AvgIpc) is 2.72. The van der Waals surface area contributed by atoms with Crippen LogP contribution in [0.1, 0.15) is 48.5 Å². The third kappa shape index (κ3) is 6.04. The number of phenolic OH excluding ortho intramolecular Hbond substituents is 1. The number of aryl methyl sites for hydroxylation is 4. The Labute approximate surface area is 171 Å². The van der Waals surface area contributed by atoms with E-state index >= 15 is 0 Å². The smallest absolute Gasteiger partial charge is 0.150 e. The van der Waals surface area contributed by atoms with Crippen molar-refractivity contribution < 1.29 is 19.4 Å². The third-order valence-corrected chi connectivity index (χ3v) is 4.49. The van der Waals surface area contributed by atoms with Gasteiger partial charge in [0, 0.05) is 11.1 Å². The topological polar surface area (TPSA) is 63.6 Å². The predicted molar refractivity (Wildman–Crippen MR) is 115 cm³/mol. The van der Waals surface area contributed by atoms with E-state index in [1.54, 1.807) is 26.0 Å². The molecule has 0 radical (unpaired) electrons. The lowest BCUT2D eigenvalue weighted by Gasteiger charge is -2.12. The van der Waals surface area contributed by atoms with Gasteiger partial charge in [-0.1, -0.05) is 30.3 Å². The minimum absolute atomic E-state index is 0.274. The second-order valence-electron chi connectivity index (χ2n) is 7.00. The Hall–Kier alpha value is -3.40. The summed E-state index contributed by atoms with van der Waals surface area (Å²) in [6.45, 7) is 8.01. The van der Waals surface area contributed by atoms with Gasteiger partial charge in [-0.3, -0.25) is 9.59 Å². The average molecular weight is 390 g/mol. The number of carbonyl (C=O) groups excluding carboxylic acids is 2. The summed E-state index contributed by atoms with van der Waals surface area (Å²) in [5, 5.41) is 9.31. The van der Waals surface area contributed by atoms with Crippen molar-refractivity contribution in [2.24, 2.45) is 0 Å². The van der Waals surface area contributed by atoms with E-state index in [1.165, 1.54) is 0 Å². The summed E-state index contributed by atoms with van der Waals surface area (Å²) < 4.78 is 5.84. The van der Waals surface area contributed by atoms with E-state index in [9.17, 15) is 14.7 Å². The highest BCUT2D eigenvalue weighted by Gasteiger charge is 2.06. The van der Waals surface area contributed by atoms with Gasteiger partial charge in [0.2, 0.25) is 0 Å². The monoisotopic (exact) mass is 390 g/mol. The van der Waals surface area contributed by atoms with Crippen molar-refractivity contribution in [3.05, 3.63) is 93.5 Å². The van der Waals surface area contributed by atoms with Crippen LogP contribution in [0, 0.1) is 27.7 Å². The number of rotatable bonds is 5. The molecule has 0 aliphatic heterocycles. The van der Waals surface area contributed by atoms with Crippen molar-refractivity contribution in [1.82, 2.24) is 0 Å². The fourth-order valence-corrected chi connectivity index (χ4v) is 3.07. The molecule has 150 valence electrons. The molecule has 0 unspecified atom stereocenters. The van der Waals surface area contributed by atoms with Crippen LogP contribution in [0.25, 0.3) is 0 Å². The first-order chi connectivity index (χ1) is 13.8. The first kappa shape index (κ1) is 21.9. The van der Waals surface area contributed by atoms with Crippen LogP contribution in [-0.4, -0.2) is 17.7 Å². The first-order valence-electron chi connectivity index (χ1n) is 9.34. The van der Waals surface area contributed by atoms with Gasteiger partial charge in [-0.05, 0) is 79.8 Å². The standard InChI is InChI=1S/C16H16O2.C9H10O2/c1-12-8-15(10-17)9-13(2)16(12)18-11-14-6-4-3-5-7-14;1-6-3-8(5-10)4-7(2)9(6)11/h3-10H,11H2,1-2H3;3-5,11H,1-2H3. The van der Waals surface area contributed by atoms with Crippen molar-refractivity contribution >= 4 is 12.6 Å². The molecule has 0 spiro atoms. The zero-order chi connectivity index (χ0) is 21.4. The molecular formula is C25H26O4. The van der Waals surface area contributed by atoms with Gasteiger partial charge in [-0.25, -0.2) is 0 Å². The zero-order valence-electron chi connectivity index (χ0n) is 17.2. The van der Waals surface area contributed by atoms with Crippen LogP contribution in [0.15, 0.2) is 54.6 Å². The summed E-state index contributed by atoms with van der Waals surface area (Å²) in [5.74, 6) is 1.14. The Bertz CT molecular complexity index is 945. The second kappa shape index (κ2) is 10.2. The van der Waals surface area contributed by atoms with Gasteiger partial charge in [0.25, 0.3) is 0 Å². The number of phenols is 1. The maximum atomic E-state index is 10.8. The molecule has 0 fully saturated rings. The molecule has 1 N–H and O–H groups in total. The lowest BCUT2D eigenvalue weighted by atomic mass is 10.1. The molecule has 0 atom stereocenters. The van der Waals surface area contributed by atoms with Crippen LogP contribution in [-0.2, 0) is 6.61 Å². The van der Waals surface area contributed by atoms with E-state index in [0.717, 1.165) is 46.1 Å². The second-order valence-corrected chi connectivity index (χ2v) is 7.00. The summed E-state index contributed by atoms with van der Waals surface area (Å²) in [6.07, 6.45) is 1.64. The molecule has 0 aliphatic carbocycles. The van der Waals surface area contributed by atoms with Gasteiger partial charge in [0.05, 0.1) is 0 Å². The van der Waals surface area contributed by atoms with Crippen molar-refractivity contribution in [3.63, 3.8) is 0 Å². The van der Waals surface area contributed by atoms with E-state index in [0.29, 0.717) is 17.7 Å². The van der Waals surface area contributed by atoms with Gasteiger partial charge in [0.1, 0.15) is 30.7 Å². The lowest BCUT2D eigenvalue weighted by Crippen LogP contribution is -1.99. The molecule has 0 bridgehead atoms. The number of aldehydes is 2. The highest BCUT2D eigenvalue weighted by atomic mass is 16.5. The van der Waals surface area contributed by atoms with Gasteiger partial charge in [0.15, 0.2) is 0 Å². The molecule has 0 aliphatic rings. The molecule has 0 aromatic heterocycles. The van der Waals surface area contributed by atoms with Gasteiger partial charge < -0.3 is 9.84 Å². The summed E-state index contributed by atoms with van der Waals surface area (Å²) in [4.78, 5) is 21.1. The normalized spacial score (nSPS) is 9.93. The molecule has 3 aromatic carbocycles. The van der Waals surface area contributed by atoms with Crippen LogP contribution in [0.5, 0.6) is 11.5 Å². The first-order valence-corrected chi connectivity index (χ1v) is 9.34. The van der Waals surface area contributed by atoms with Crippen molar-refractivity contribution in [2.75, 3.05) is 0 Å². The fourth-order valence-electron chi connectivity index (χ4n) is 3.07. The van der Waals surface area contributed by atoms with E-state index in [2.05, 4.69) is 0 Å². The Morgan fingerprint density at radius 3 is 1.66 bits per heavy atom. The molecule has 0 amide bonds. The van der Waals surface area contributed by atoms with Crippen LogP contribution < -0.4 is 4.74 Å². The summed E-state index contributed by atoms with van der Waals surface area (Å²) in [5.41, 5.74) is 5.91. The molecule has 3 rings (SSSR count). The van der Waals surface area contributed by atoms with Gasteiger partial charge >= 0.3 is 0 Å². The SMILES string of the molecule is Cc1cc(C=O)cc(C)c1O.Cc1cc(C=O)cc(C)c1OCc1ccccc1. The number of aromatic hydroxyl groups is 1. The maximum absolute atomic E-state index is 10.8. The summed E-state index contributed by atoms with van der Waals surface area (Å²) in [7, 11) is 0. The van der Waals surface area contributed by atoms with E-state index < -0.39 is 0 Å². The number of benzene rings is 3. The van der Waals surface area contributed by atoms with Gasteiger partial charge in [-0.2, -0.15) is 0 Å². The van der Waals surface area contributed by atoms with E-state index in [-0.39, 0.29) is 5.75 Å². The third-order valence-electron chi connectivity index (χ3n) is 4.49. The minimum atomic E-state index is 0.274. The quantitative estimate of drug-likeness (QED) is 0.583. The largest absolute Gasteiger partial charge is 0.507 e. The number of hydrogen-bond donors (Lipinski definition) is 1. The Kier molecular flexibility index (Phi) is 7.72. The summed E-state index contributed by atoms with van der Waals surface area (Å²) >= 11 is 0. The maximum Gasteiger partial charge on any atom is 0.150 e. The zero-order valence-corrected chi connectivity index (χ0v) is 17.2. The number of hydrogen-bond acceptors (Lipinski definition) is 4. The lowest BCUT2D eigenvalue weighted by molar-refractivity contribution is 0.111. The molecule has 0 heterocycles. The Morgan fingerprint density at radius 2 is 1.21 bits per heavy atom. The Balaban J connectivity index is 0.000000234. The van der Waals surface area contributed by atoms with Gasteiger partial charge in [-0.15, -0.1) is 0 Å². The van der Waals surface area contributed by atoms with E-state index in [1.807, 2.05) is 56.3 Å². The highest BCUT2D eigenvalue weighted by molar-refractivity contribution is 5.77. The number of carbonyl (C=O) groups is 2. The fraction of sp³-hybridized carbons (Fsp3) is 0.200. The Morgan fingerprint density at radius 1 is 0.759 bits per heavy atom. The number of ether oxygens (including phenoxy) is 1. The van der Waals surface area contributed by atoms with Crippen LogP contribution in [0.3, 0.4) is 0 Å². The molecule has 0 saturated heterocycles.